The Bertz CT molecular complexity index is 1190. The van der Waals surface area contributed by atoms with Crippen molar-refractivity contribution in [1.29, 1.82) is 0 Å². The van der Waals surface area contributed by atoms with E-state index in [0.717, 1.165) is 25.2 Å². The Labute approximate surface area is 269 Å². The predicted molar refractivity (Wildman–Crippen MR) is 178 cm³/mol. The van der Waals surface area contributed by atoms with E-state index >= 15 is 0 Å². The molecule has 3 unspecified atom stereocenters. The maximum atomic E-state index is 14.9. The number of carbonyl (C=O) groups is 3. The summed E-state index contributed by atoms with van der Waals surface area (Å²) in [5.41, 5.74) is 1.78. The van der Waals surface area contributed by atoms with E-state index in [1.165, 1.54) is 0 Å². The number of fused-ring (bicyclic) bond motifs is 1. The van der Waals surface area contributed by atoms with E-state index in [9.17, 15) is 19.5 Å². The fourth-order valence-electron chi connectivity index (χ4n) is 7.12. The number of likely N-dealkylation sites (tertiary alicyclic amines) is 1. The third-order valence-electron chi connectivity index (χ3n) is 9.21. The van der Waals surface area contributed by atoms with Gasteiger partial charge in [0.1, 0.15) is 6.04 Å². The highest BCUT2D eigenvalue weighted by Gasteiger charge is 2.76. The highest BCUT2D eigenvalue weighted by molar-refractivity contribution is 9.09. The van der Waals surface area contributed by atoms with Gasteiger partial charge in [0.15, 0.2) is 0 Å². The number of esters is 1. The van der Waals surface area contributed by atoms with E-state index in [1.807, 2.05) is 38.1 Å². The lowest BCUT2D eigenvalue weighted by molar-refractivity contribution is -0.154. The number of rotatable bonds is 15. The highest BCUT2D eigenvalue weighted by atomic mass is 79.9. The summed E-state index contributed by atoms with van der Waals surface area (Å²) in [6.45, 7) is 17.7. The van der Waals surface area contributed by atoms with Crippen molar-refractivity contribution < 1.29 is 24.2 Å². The first-order valence-electron chi connectivity index (χ1n) is 15.4. The van der Waals surface area contributed by atoms with Crippen LogP contribution in [-0.4, -0.2) is 87.5 Å². The maximum absolute atomic E-state index is 14.9. The van der Waals surface area contributed by atoms with Gasteiger partial charge in [-0.2, -0.15) is 0 Å². The third kappa shape index (κ3) is 6.03. The zero-order valence-electron chi connectivity index (χ0n) is 25.8. The quantitative estimate of drug-likeness (QED) is 0.121. The van der Waals surface area contributed by atoms with Gasteiger partial charge < -0.3 is 24.5 Å². The number of benzene rings is 1. The van der Waals surface area contributed by atoms with Gasteiger partial charge in [-0.1, -0.05) is 41.9 Å². The van der Waals surface area contributed by atoms with Crippen molar-refractivity contribution in [1.82, 2.24) is 4.90 Å². The zero-order valence-corrected chi connectivity index (χ0v) is 28.2. The van der Waals surface area contributed by atoms with Gasteiger partial charge >= 0.3 is 5.97 Å². The molecule has 3 aliphatic heterocycles. The van der Waals surface area contributed by atoms with E-state index < -0.39 is 28.7 Å². The highest BCUT2D eigenvalue weighted by Crippen LogP contribution is 2.68. The van der Waals surface area contributed by atoms with Gasteiger partial charge in [0, 0.05) is 41.1 Å². The number of hydrogen-bond acceptors (Lipinski definition) is 7. The Hall–Kier alpha value is -2.30. The molecule has 236 valence electrons. The van der Waals surface area contributed by atoms with Crippen molar-refractivity contribution in [2.75, 3.05) is 42.6 Å². The number of unbranched alkanes of at least 4 members (excludes halogenated alkanes) is 1. The van der Waals surface area contributed by atoms with E-state index in [0.29, 0.717) is 18.5 Å². The number of ether oxygens (including phenoxy) is 1. The summed E-state index contributed by atoms with van der Waals surface area (Å²) in [6.07, 6.45) is 5.43. The predicted octanol–water partition coefficient (Wildman–Crippen LogP) is 5.04. The van der Waals surface area contributed by atoms with Crippen LogP contribution in [0, 0.1) is 17.8 Å². The minimum atomic E-state index is -0.861. The van der Waals surface area contributed by atoms with Crippen LogP contribution in [0.5, 0.6) is 0 Å². The summed E-state index contributed by atoms with van der Waals surface area (Å²) in [6, 6.07) is 6.46. The smallest absolute Gasteiger partial charge is 0.310 e. The molecule has 3 saturated heterocycles. The third-order valence-corrected chi connectivity index (χ3v) is 12.4. The average Bonchev–Trinajstić information content (AvgIpc) is 3.58. The van der Waals surface area contributed by atoms with E-state index in [4.69, 9.17) is 4.74 Å². The van der Waals surface area contributed by atoms with Crippen molar-refractivity contribution in [2.45, 2.75) is 73.9 Å². The minimum Gasteiger partial charge on any atom is -0.465 e. The van der Waals surface area contributed by atoms with Gasteiger partial charge in [0.05, 0.1) is 35.8 Å². The number of hydrogen-bond donors (Lipinski definition) is 1. The van der Waals surface area contributed by atoms with Crippen LogP contribution in [0.25, 0.3) is 0 Å². The Morgan fingerprint density at radius 1 is 1.19 bits per heavy atom. The van der Waals surface area contributed by atoms with Gasteiger partial charge in [-0.15, -0.1) is 24.9 Å². The number of aliphatic hydroxyl groups is 1. The summed E-state index contributed by atoms with van der Waals surface area (Å²) in [7, 11) is 0. The van der Waals surface area contributed by atoms with Crippen LogP contribution in [0.3, 0.4) is 0 Å². The monoisotopic (exact) mass is 675 g/mol. The van der Waals surface area contributed by atoms with Gasteiger partial charge in [0.2, 0.25) is 5.91 Å². The van der Waals surface area contributed by atoms with E-state index in [1.54, 1.807) is 33.7 Å². The average molecular weight is 677 g/mol. The molecule has 3 heterocycles. The minimum absolute atomic E-state index is 0.0599. The number of anilines is 2. The van der Waals surface area contributed by atoms with E-state index in [2.05, 4.69) is 47.8 Å². The topological polar surface area (TPSA) is 90.4 Å². The lowest BCUT2D eigenvalue weighted by atomic mass is 9.71. The van der Waals surface area contributed by atoms with Crippen LogP contribution in [0.15, 0.2) is 49.6 Å². The molecule has 2 amide bonds. The number of alkyl halides is 1. The molecule has 3 fully saturated rings. The number of carbonyl (C=O) groups excluding carboxylic acids is 3. The summed E-state index contributed by atoms with van der Waals surface area (Å²) >= 11 is 5.39. The molecule has 2 bridgehead atoms. The second-order valence-electron chi connectivity index (χ2n) is 11.9. The fourth-order valence-corrected chi connectivity index (χ4v) is 10.7. The molecule has 0 radical (unpaired) electrons. The largest absolute Gasteiger partial charge is 0.465 e. The van der Waals surface area contributed by atoms with Crippen LogP contribution in [0.2, 0.25) is 0 Å². The lowest BCUT2D eigenvalue weighted by Gasteiger charge is -2.41. The molecule has 8 nitrogen and oxygen atoms in total. The Morgan fingerprint density at radius 2 is 1.84 bits per heavy atom. The van der Waals surface area contributed by atoms with Crippen molar-refractivity contribution in [3.63, 3.8) is 0 Å². The molecule has 1 spiro atoms. The second-order valence-corrected chi connectivity index (χ2v) is 14.6. The molecule has 0 aromatic heterocycles. The molecule has 0 saturated carbocycles. The van der Waals surface area contributed by atoms with Crippen molar-refractivity contribution in [3.8, 4) is 0 Å². The Kier molecular flexibility index (Phi) is 11.1. The molecule has 1 aromatic rings. The number of allylic oxidation sites excluding steroid dienone is 1. The standard InChI is InChI=1S/C33H46BrN3O5S/c1-7-11-12-18-42-32(41)26-27-30(39)37(25(20-38)21(5)6)29(33(27)19-24(34)28(26)43-33)31(40)36(17-8-2)23-15-13-22(14-16-23)35(9-3)10-4/h7-8,13-16,21,24-29,38H,1-2,9-12,17-20H2,3-6H3/t24?,25-,26+,27-,28+,29?,33?/m0/s1. The first kappa shape index (κ1) is 33.6. The number of amides is 2. The zero-order chi connectivity index (χ0) is 31.5. The molecular formula is C33H46BrN3O5S. The van der Waals surface area contributed by atoms with Gasteiger partial charge in [-0.05, 0) is 63.3 Å². The summed E-state index contributed by atoms with van der Waals surface area (Å²) < 4.78 is 4.87. The molecule has 1 N–H and O–H groups in total. The van der Waals surface area contributed by atoms with E-state index in [-0.39, 0.29) is 53.5 Å². The Balaban J connectivity index is 1.76. The van der Waals surface area contributed by atoms with Gasteiger partial charge in [-0.25, -0.2) is 0 Å². The summed E-state index contributed by atoms with van der Waals surface area (Å²) in [4.78, 5) is 48.4. The lowest BCUT2D eigenvalue weighted by Crippen LogP contribution is -2.59. The SMILES string of the molecule is C=CCCCOC(=O)[C@H]1[C@@H]2SC3(CC2Br)C(C(=O)N(CC=C)c2ccc(N(CC)CC)cc2)N([C@@H](CO)C(C)C)C(=O)[C@H]13. The summed E-state index contributed by atoms with van der Waals surface area (Å²) in [5, 5.41) is 10.3. The fraction of sp³-hybridized carbons (Fsp3) is 0.606. The molecule has 1 aromatic carbocycles. The second kappa shape index (κ2) is 14.2. The molecule has 10 heteroatoms. The molecular weight excluding hydrogens is 630 g/mol. The first-order valence-corrected chi connectivity index (χ1v) is 17.2. The van der Waals surface area contributed by atoms with Crippen LogP contribution < -0.4 is 9.80 Å². The van der Waals surface area contributed by atoms with Crippen molar-refractivity contribution >= 4 is 56.9 Å². The Morgan fingerprint density at radius 3 is 2.40 bits per heavy atom. The number of halogens is 1. The molecule has 0 aliphatic carbocycles. The van der Waals surface area contributed by atoms with Crippen molar-refractivity contribution in [2.24, 2.45) is 17.8 Å². The molecule has 3 aliphatic rings. The number of aliphatic hydroxyl groups excluding tert-OH is 1. The van der Waals surface area contributed by atoms with Crippen LogP contribution >= 0.6 is 27.7 Å². The molecule has 7 atom stereocenters. The molecule has 4 rings (SSSR count). The first-order chi connectivity index (χ1) is 20.6. The van der Waals surface area contributed by atoms with Crippen molar-refractivity contribution in [3.05, 3.63) is 49.6 Å². The number of thioether (sulfide) groups is 1. The maximum Gasteiger partial charge on any atom is 0.310 e. The van der Waals surface area contributed by atoms with Gasteiger partial charge in [-0.3, -0.25) is 14.4 Å². The van der Waals surface area contributed by atoms with Crippen LogP contribution in [-0.2, 0) is 19.1 Å². The van der Waals surface area contributed by atoms with Gasteiger partial charge in [0.25, 0.3) is 5.91 Å². The molecule has 43 heavy (non-hydrogen) atoms. The number of nitrogens with zero attached hydrogens (tertiary/aromatic N) is 3. The van der Waals surface area contributed by atoms with Crippen LogP contribution in [0.1, 0.15) is 47.0 Å². The summed E-state index contributed by atoms with van der Waals surface area (Å²) in [5.74, 6) is -2.35. The normalized spacial score (nSPS) is 28.1. The van der Waals surface area contributed by atoms with Crippen LogP contribution in [0.4, 0.5) is 11.4 Å².